The molecule has 1 atom stereocenters. The fourth-order valence-electron chi connectivity index (χ4n) is 2.50. The standard InChI is InChI=1S/C20H24FN5O2/c1-11(20(2,3)19(24)28)26-17(14(9-22)18(23)27)16-8-12(10-25-16)13-6-4-5-7-15(13)21/h4-11,25H,22H2,1-3H3,(H2,23,27)(H2,24,28). The van der Waals surface area contributed by atoms with Crippen molar-refractivity contribution < 1.29 is 14.0 Å². The highest BCUT2D eigenvalue weighted by atomic mass is 19.1. The van der Waals surface area contributed by atoms with Gasteiger partial charge < -0.3 is 22.2 Å². The number of hydrogen-bond acceptors (Lipinski definition) is 4. The Balaban J connectivity index is 2.59. The van der Waals surface area contributed by atoms with Crippen molar-refractivity contribution in [3.63, 3.8) is 0 Å². The lowest BCUT2D eigenvalue weighted by Crippen LogP contribution is -2.40. The molecule has 0 aliphatic heterocycles. The van der Waals surface area contributed by atoms with E-state index in [1.54, 1.807) is 51.2 Å². The second-order valence-electron chi connectivity index (χ2n) is 6.97. The molecule has 8 heteroatoms. The number of nitrogens with two attached hydrogens (primary N) is 3. The summed E-state index contributed by atoms with van der Waals surface area (Å²) in [7, 11) is 0. The van der Waals surface area contributed by atoms with Gasteiger partial charge in [0.2, 0.25) is 5.91 Å². The maximum Gasteiger partial charge on any atom is 0.252 e. The summed E-state index contributed by atoms with van der Waals surface area (Å²) in [5, 5.41) is 0. The van der Waals surface area contributed by atoms with E-state index in [4.69, 9.17) is 17.2 Å². The first kappa shape index (κ1) is 20.9. The highest BCUT2D eigenvalue weighted by Crippen LogP contribution is 2.27. The first-order valence-electron chi connectivity index (χ1n) is 8.63. The van der Waals surface area contributed by atoms with Crippen molar-refractivity contribution >= 4 is 17.5 Å². The number of amides is 2. The molecule has 0 radical (unpaired) electrons. The molecule has 0 aliphatic rings. The number of aromatic nitrogens is 1. The number of aliphatic imine (C=N–C) groups is 1. The van der Waals surface area contributed by atoms with E-state index in [-0.39, 0.29) is 17.1 Å². The lowest BCUT2D eigenvalue weighted by atomic mass is 9.85. The maximum absolute atomic E-state index is 14.1. The minimum atomic E-state index is -0.983. The van der Waals surface area contributed by atoms with Crippen LogP contribution in [0.5, 0.6) is 0 Å². The van der Waals surface area contributed by atoms with E-state index >= 15 is 0 Å². The predicted molar refractivity (Wildman–Crippen MR) is 107 cm³/mol. The monoisotopic (exact) mass is 385 g/mol. The average molecular weight is 385 g/mol. The van der Waals surface area contributed by atoms with Crippen molar-refractivity contribution in [3.8, 4) is 11.1 Å². The molecule has 28 heavy (non-hydrogen) atoms. The Morgan fingerprint density at radius 2 is 1.89 bits per heavy atom. The number of benzene rings is 1. The Bertz CT molecular complexity index is 959. The van der Waals surface area contributed by atoms with Crippen LogP contribution in [0.2, 0.25) is 0 Å². The second kappa shape index (κ2) is 8.08. The normalized spacial score (nSPS) is 14.0. The van der Waals surface area contributed by atoms with Crippen molar-refractivity contribution in [2.45, 2.75) is 26.8 Å². The Kier molecular flexibility index (Phi) is 6.03. The van der Waals surface area contributed by atoms with Crippen LogP contribution in [0.4, 0.5) is 4.39 Å². The van der Waals surface area contributed by atoms with E-state index in [0.717, 1.165) is 6.20 Å². The minimum Gasteiger partial charge on any atom is -0.404 e. The summed E-state index contributed by atoms with van der Waals surface area (Å²) >= 11 is 0. The summed E-state index contributed by atoms with van der Waals surface area (Å²) in [6.45, 7) is 4.99. The fraction of sp³-hybridized carbons (Fsp3) is 0.250. The third-order valence-corrected chi connectivity index (χ3v) is 4.81. The molecular weight excluding hydrogens is 361 g/mol. The molecule has 2 amide bonds. The molecule has 0 saturated carbocycles. The third-order valence-electron chi connectivity index (χ3n) is 4.81. The maximum atomic E-state index is 14.1. The van der Waals surface area contributed by atoms with E-state index in [1.165, 1.54) is 6.07 Å². The zero-order chi connectivity index (χ0) is 21.1. The molecule has 7 nitrogen and oxygen atoms in total. The molecule has 0 bridgehead atoms. The molecule has 2 rings (SSSR count). The number of hydrogen-bond donors (Lipinski definition) is 4. The van der Waals surface area contributed by atoms with E-state index in [9.17, 15) is 14.0 Å². The van der Waals surface area contributed by atoms with Crippen LogP contribution < -0.4 is 17.2 Å². The van der Waals surface area contributed by atoms with Crippen LogP contribution in [0.25, 0.3) is 11.1 Å². The van der Waals surface area contributed by atoms with Gasteiger partial charge >= 0.3 is 0 Å². The number of carbonyl (C=O) groups is 2. The number of halogens is 1. The Morgan fingerprint density at radius 1 is 1.25 bits per heavy atom. The van der Waals surface area contributed by atoms with Crippen LogP contribution in [0, 0.1) is 11.2 Å². The molecule has 0 spiro atoms. The van der Waals surface area contributed by atoms with Crippen LogP contribution in [0.15, 0.2) is 53.3 Å². The molecular formula is C20H24FN5O2. The first-order chi connectivity index (χ1) is 13.1. The van der Waals surface area contributed by atoms with Gasteiger partial charge in [-0.05, 0) is 32.9 Å². The summed E-state index contributed by atoms with van der Waals surface area (Å²) in [5.41, 5.74) is 17.0. The summed E-state index contributed by atoms with van der Waals surface area (Å²) in [4.78, 5) is 31.1. The number of carbonyl (C=O) groups excluding carboxylic acids is 2. The van der Waals surface area contributed by atoms with Crippen LogP contribution in [0.1, 0.15) is 26.5 Å². The highest BCUT2D eigenvalue weighted by molar-refractivity contribution is 6.27. The number of aromatic amines is 1. The summed E-state index contributed by atoms with van der Waals surface area (Å²) in [6, 6.07) is 7.33. The molecule has 148 valence electrons. The van der Waals surface area contributed by atoms with Gasteiger partial charge in [0.1, 0.15) is 5.82 Å². The Morgan fingerprint density at radius 3 is 2.43 bits per heavy atom. The lowest BCUT2D eigenvalue weighted by molar-refractivity contribution is -0.126. The van der Waals surface area contributed by atoms with Crippen molar-refractivity contribution in [1.29, 1.82) is 0 Å². The zero-order valence-corrected chi connectivity index (χ0v) is 16.0. The first-order valence-corrected chi connectivity index (χ1v) is 8.63. The van der Waals surface area contributed by atoms with Gasteiger partial charge in [-0.1, -0.05) is 18.2 Å². The van der Waals surface area contributed by atoms with Crippen molar-refractivity contribution in [3.05, 3.63) is 59.8 Å². The Labute approximate surface area is 162 Å². The van der Waals surface area contributed by atoms with E-state index in [0.29, 0.717) is 16.8 Å². The van der Waals surface area contributed by atoms with Gasteiger partial charge in [-0.3, -0.25) is 14.6 Å². The highest BCUT2D eigenvalue weighted by Gasteiger charge is 2.33. The van der Waals surface area contributed by atoms with Crippen molar-refractivity contribution in [1.82, 2.24) is 4.98 Å². The largest absolute Gasteiger partial charge is 0.404 e. The van der Waals surface area contributed by atoms with Crippen molar-refractivity contribution in [2.75, 3.05) is 0 Å². The summed E-state index contributed by atoms with van der Waals surface area (Å²) in [5.74, 6) is -1.72. The van der Waals surface area contributed by atoms with Crippen LogP contribution in [-0.2, 0) is 9.59 Å². The lowest BCUT2D eigenvalue weighted by Gasteiger charge is -2.26. The van der Waals surface area contributed by atoms with E-state index in [1.807, 2.05) is 0 Å². The van der Waals surface area contributed by atoms with E-state index in [2.05, 4.69) is 9.98 Å². The van der Waals surface area contributed by atoms with E-state index < -0.39 is 23.3 Å². The van der Waals surface area contributed by atoms with Gasteiger partial charge in [-0.2, -0.15) is 0 Å². The SMILES string of the molecule is CC(N=C(C(=CN)C(N)=O)c1cc(-c2ccccc2F)c[nH]1)C(C)(C)C(N)=O. The number of nitrogens with one attached hydrogen (secondary N) is 1. The topological polar surface area (TPSA) is 140 Å². The molecule has 0 aliphatic carbocycles. The molecule has 1 heterocycles. The number of nitrogens with zero attached hydrogens (tertiary/aromatic N) is 1. The van der Waals surface area contributed by atoms with Gasteiger partial charge in [0, 0.05) is 23.5 Å². The van der Waals surface area contributed by atoms with Gasteiger partial charge in [0.25, 0.3) is 5.91 Å². The quantitative estimate of drug-likeness (QED) is 0.427. The van der Waals surface area contributed by atoms with Gasteiger partial charge in [0.05, 0.1) is 28.4 Å². The van der Waals surface area contributed by atoms with Crippen LogP contribution >= 0.6 is 0 Å². The molecule has 2 aromatic rings. The minimum absolute atomic E-state index is 0.0333. The fourth-order valence-corrected chi connectivity index (χ4v) is 2.50. The van der Waals surface area contributed by atoms with Gasteiger partial charge in [-0.25, -0.2) is 4.39 Å². The molecule has 7 N–H and O–H groups in total. The molecule has 0 saturated heterocycles. The molecule has 1 aromatic heterocycles. The zero-order valence-electron chi connectivity index (χ0n) is 16.0. The van der Waals surface area contributed by atoms with Gasteiger partial charge in [0.15, 0.2) is 0 Å². The Hall–Kier alpha value is -3.42. The smallest absolute Gasteiger partial charge is 0.252 e. The number of rotatable bonds is 7. The average Bonchev–Trinajstić information content (AvgIpc) is 3.10. The second-order valence-corrected chi connectivity index (χ2v) is 6.97. The molecule has 0 fully saturated rings. The number of H-pyrrole nitrogens is 1. The molecule has 1 unspecified atom stereocenters. The molecule has 1 aromatic carbocycles. The summed E-state index contributed by atoms with van der Waals surface area (Å²) in [6.07, 6.45) is 2.64. The predicted octanol–water partition coefficient (Wildman–Crippen LogP) is 1.84. The van der Waals surface area contributed by atoms with Crippen LogP contribution in [-0.4, -0.2) is 28.6 Å². The van der Waals surface area contributed by atoms with Crippen molar-refractivity contribution in [2.24, 2.45) is 27.6 Å². The summed E-state index contributed by atoms with van der Waals surface area (Å²) < 4.78 is 14.1. The van der Waals surface area contributed by atoms with Crippen LogP contribution in [0.3, 0.4) is 0 Å². The third kappa shape index (κ3) is 4.11. The van der Waals surface area contributed by atoms with Gasteiger partial charge in [-0.15, -0.1) is 0 Å². The number of primary amides is 2.